The Hall–Kier alpha value is -5.13. The Kier molecular flexibility index (Phi) is 5.91. The lowest BCUT2D eigenvalue weighted by Crippen LogP contribution is -2.04. The summed E-state index contributed by atoms with van der Waals surface area (Å²) in [5, 5.41) is 20.2. The molecule has 0 saturated carbocycles. The Balaban J connectivity index is 1.39. The number of nitriles is 2. The molecule has 7 rings (SSSR count). The van der Waals surface area contributed by atoms with Crippen LogP contribution in [0.5, 0.6) is 0 Å². The maximum Gasteiger partial charge on any atom is 0.149 e. The molecule has 3 heterocycles. The van der Waals surface area contributed by atoms with Gasteiger partial charge in [0.05, 0.1) is 22.8 Å². The van der Waals surface area contributed by atoms with Crippen molar-refractivity contribution in [2.24, 2.45) is 0 Å². The van der Waals surface area contributed by atoms with Crippen molar-refractivity contribution in [1.29, 1.82) is 10.5 Å². The summed E-state index contributed by atoms with van der Waals surface area (Å²) in [7, 11) is 0. The van der Waals surface area contributed by atoms with Gasteiger partial charge in [0.1, 0.15) is 23.5 Å². The van der Waals surface area contributed by atoms with Gasteiger partial charge >= 0.3 is 0 Å². The molecule has 0 fully saturated rings. The number of aromatic nitrogens is 3. The number of pyridine rings is 3. The van der Waals surface area contributed by atoms with Gasteiger partial charge in [-0.25, -0.2) is 15.0 Å². The highest BCUT2D eigenvalue weighted by Crippen LogP contribution is 2.41. The van der Waals surface area contributed by atoms with E-state index in [0.29, 0.717) is 11.4 Å². The van der Waals surface area contributed by atoms with E-state index in [1.54, 1.807) is 0 Å². The highest BCUT2D eigenvalue weighted by Gasteiger charge is 2.28. The van der Waals surface area contributed by atoms with Crippen LogP contribution in [0.4, 0.5) is 0 Å². The summed E-state index contributed by atoms with van der Waals surface area (Å²) in [5.41, 5.74) is 12.6. The fourth-order valence-electron chi connectivity index (χ4n) is 6.43. The highest BCUT2D eigenvalue weighted by atomic mass is 14.8. The molecule has 0 bridgehead atoms. The largest absolute Gasteiger partial charge is 0.244 e. The molecule has 5 aromatic rings. The van der Waals surface area contributed by atoms with Crippen LogP contribution in [0.15, 0.2) is 78.9 Å². The van der Waals surface area contributed by atoms with Gasteiger partial charge in [-0.15, -0.1) is 0 Å². The molecule has 0 atom stereocenters. The summed E-state index contributed by atoms with van der Waals surface area (Å²) in [5.74, 6) is 0. The van der Waals surface area contributed by atoms with Gasteiger partial charge in [0, 0.05) is 11.1 Å². The Morgan fingerprint density at radius 3 is 1.32 bits per heavy atom. The summed E-state index contributed by atoms with van der Waals surface area (Å²) in [6.45, 7) is 0. The van der Waals surface area contributed by atoms with E-state index in [-0.39, 0.29) is 0 Å². The van der Waals surface area contributed by atoms with Gasteiger partial charge in [0.15, 0.2) is 0 Å². The average Bonchev–Trinajstić information content (AvgIpc) is 3.71. The van der Waals surface area contributed by atoms with Crippen LogP contribution in [0.3, 0.4) is 0 Å². The monoisotopic (exact) mass is 515 g/mol. The van der Waals surface area contributed by atoms with Crippen molar-refractivity contribution in [3.05, 3.63) is 113 Å². The zero-order valence-corrected chi connectivity index (χ0v) is 22.0. The molecule has 0 radical (unpaired) electrons. The number of fused-ring (bicyclic) bond motifs is 2. The summed E-state index contributed by atoms with van der Waals surface area (Å²) in [4.78, 5) is 14.9. The van der Waals surface area contributed by atoms with Crippen LogP contribution in [0.2, 0.25) is 0 Å². The predicted molar refractivity (Wildman–Crippen MR) is 155 cm³/mol. The predicted octanol–water partition coefficient (Wildman–Crippen LogP) is 7.26. The Labute approximate surface area is 233 Å². The summed E-state index contributed by atoms with van der Waals surface area (Å²) in [6, 6.07) is 30.8. The molecule has 5 nitrogen and oxygen atoms in total. The van der Waals surface area contributed by atoms with Gasteiger partial charge in [0.25, 0.3) is 0 Å². The zero-order chi connectivity index (χ0) is 27.1. The van der Waals surface area contributed by atoms with Gasteiger partial charge in [-0.1, -0.05) is 66.7 Å². The summed E-state index contributed by atoms with van der Waals surface area (Å²) in [6.07, 6.45) is 5.72. The van der Waals surface area contributed by atoms with Crippen LogP contribution in [-0.2, 0) is 25.7 Å². The number of rotatable bonds is 4. The molecule has 2 aliphatic rings. The van der Waals surface area contributed by atoms with Crippen LogP contribution in [0, 0.1) is 22.7 Å². The first-order chi connectivity index (χ1) is 19.8. The van der Waals surface area contributed by atoms with Crippen molar-refractivity contribution in [2.45, 2.75) is 38.5 Å². The molecule has 190 valence electrons. The maximum atomic E-state index is 10.1. The third-order valence-corrected chi connectivity index (χ3v) is 8.10. The second-order valence-electron chi connectivity index (χ2n) is 10.4. The van der Waals surface area contributed by atoms with Gasteiger partial charge in [-0.2, -0.15) is 10.5 Å². The number of hydrogen-bond acceptors (Lipinski definition) is 5. The van der Waals surface area contributed by atoms with Gasteiger partial charge in [-0.05, 0) is 84.0 Å². The lowest BCUT2D eigenvalue weighted by Gasteiger charge is -2.16. The molecule has 0 amide bonds. The second kappa shape index (κ2) is 9.88. The van der Waals surface area contributed by atoms with E-state index >= 15 is 0 Å². The van der Waals surface area contributed by atoms with Crippen LogP contribution < -0.4 is 0 Å². The Morgan fingerprint density at radius 1 is 0.475 bits per heavy atom. The van der Waals surface area contributed by atoms with E-state index in [0.717, 1.165) is 83.6 Å². The Morgan fingerprint density at radius 2 is 0.900 bits per heavy atom. The van der Waals surface area contributed by atoms with Crippen molar-refractivity contribution < 1.29 is 0 Å². The quantitative estimate of drug-likeness (QED) is 0.251. The fraction of sp³-hybridized carbons (Fsp3) is 0.171. The molecule has 0 unspecified atom stereocenters. The highest BCUT2D eigenvalue weighted by molar-refractivity contribution is 5.81. The second-order valence-corrected chi connectivity index (χ2v) is 10.4. The van der Waals surface area contributed by atoms with E-state index in [2.05, 4.69) is 12.1 Å². The molecule has 2 aliphatic carbocycles. The third-order valence-electron chi connectivity index (χ3n) is 8.10. The lowest BCUT2D eigenvalue weighted by atomic mass is 9.93. The normalized spacial score (nSPS) is 13.3. The molecule has 0 spiro atoms. The lowest BCUT2D eigenvalue weighted by molar-refractivity contribution is 0.911. The zero-order valence-electron chi connectivity index (χ0n) is 22.0. The van der Waals surface area contributed by atoms with Gasteiger partial charge in [-0.3, -0.25) is 0 Å². The summed E-state index contributed by atoms with van der Waals surface area (Å²) >= 11 is 0. The molecule has 40 heavy (non-hydrogen) atoms. The van der Waals surface area contributed by atoms with Crippen LogP contribution in [-0.4, -0.2) is 15.0 Å². The fourth-order valence-corrected chi connectivity index (χ4v) is 6.43. The molecular formula is C35H25N5. The van der Waals surface area contributed by atoms with E-state index in [9.17, 15) is 10.5 Å². The molecule has 0 N–H and O–H groups in total. The first kappa shape index (κ1) is 23.9. The van der Waals surface area contributed by atoms with Crippen molar-refractivity contribution in [3.63, 3.8) is 0 Å². The first-order valence-corrected chi connectivity index (χ1v) is 13.8. The average molecular weight is 516 g/mol. The van der Waals surface area contributed by atoms with Gasteiger partial charge in [0.2, 0.25) is 0 Å². The molecule has 0 aliphatic heterocycles. The first-order valence-electron chi connectivity index (χ1n) is 13.8. The number of nitrogens with zero attached hydrogens (tertiary/aromatic N) is 5. The summed E-state index contributed by atoms with van der Waals surface area (Å²) < 4.78 is 0. The molecule has 3 aromatic heterocycles. The molecule has 2 aromatic carbocycles. The van der Waals surface area contributed by atoms with Crippen molar-refractivity contribution in [1.82, 2.24) is 15.0 Å². The standard InChI is InChI=1S/C35H25N5/c36-20-30-32(22-10-3-1-4-11-22)24-14-7-16-26(24)34(39-30)28-18-9-19-29(38-28)35-27-17-8-15-25(27)33(31(21-37)40-35)23-12-5-2-6-13-23/h1-6,9-13,18-19H,7-8,14-17H2. The van der Waals surface area contributed by atoms with E-state index in [1.807, 2.05) is 78.9 Å². The van der Waals surface area contributed by atoms with Crippen LogP contribution in [0.1, 0.15) is 46.5 Å². The number of benzene rings is 2. The third kappa shape index (κ3) is 3.87. The van der Waals surface area contributed by atoms with Crippen molar-refractivity contribution in [2.75, 3.05) is 0 Å². The van der Waals surface area contributed by atoms with E-state index in [4.69, 9.17) is 15.0 Å². The molecule has 0 saturated heterocycles. The Bertz CT molecular complexity index is 1730. The minimum absolute atomic E-state index is 0.437. The van der Waals surface area contributed by atoms with Gasteiger partial charge < -0.3 is 0 Å². The number of hydrogen-bond donors (Lipinski definition) is 0. The van der Waals surface area contributed by atoms with Crippen molar-refractivity contribution in [3.8, 4) is 57.2 Å². The van der Waals surface area contributed by atoms with Crippen LogP contribution in [0.25, 0.3) is 45.0 Å². The van der Waals surface area contributed by atoms with Crippen LogP contribution >= 0.6 is 0 Å². The van der Waals surface area contributed by atoms with E-state index in [1.165, 1.54) is 22.3 Å². The molecule has 5 heteroatoms. The topological polar surface area (TPSA) is 86.2 Å². The smallest absolute Gasteiger partial charge is 0.149 e. The van der Waals surface area contributed by atoms with E-state index < -0.39 is 0 Å². The maximum absolute atomic E-state index is 10.1. The van der Waals surface area contributed by atoms with Crippen molar-refractivity contribution >= 4 is 0 Å². The minimum Gasteiger partial charge on any atom is -0.244 e. The SMILES string of the molecule is N#Cc1nc(-c2cccc(-c3nc(C#N)c(-c4ccccc4)c4c3CCC4)n2)c2c(c1-c1ccccc1)CCC2. The molecular weight excluding hydrogens is 490 g/mol. The minimum atomic E-state index is 0.437.